The number of benzene rings is 3. The number of amides is 2. The van der Waals surface area contributed by atoms with E-state index >= 15 is 0 Å². The molecule has 0 aromatic heterocycles. The molecule has 2 atom stereocenters. The van der Waals surface area contributed by atoms with E-state index in [1.165, 1.54) is 36.4 Å². The summed E-state index contributed by atoms with van der Waals surface area (Å²) in [6.07, 6.45) is 2.48. The van der Waals surface area contributed by atoms with Gasteiger partial charge in [0.05, 0.1) is 16.6 Å². The molecule has 0 saturated carbocycles. The van der Waals surface area contributed by atoms with Gasteiger partial charge < -0.3 is 10.2 Å². The van der Waals surface area contributed by atoms with E-state index in [-0.39, 0.29) is 34.0 Å². The van der Waals surface area contributed by atoms with Gasteiger partial charge in [0, 0.05) is 43.9 Å². The lowest BCUT2D eigenvalue weighted by molar-refractivity contribution is 0.0816. The van der Waals surface area contributed by atoms with E-state index in [2.05, 4.69) is 10.2 Å². The molecule has 2 aliphatic rings. The van der Waals surface area contributed by atoms with Gasteiger partial charge in [0.2, 0.25) is 0 Å². The molecule has 2 heterocycles. The molecule has 3 aromatic carbocycles. The van der Waals surface area contributed by atoms with Crippen molar-refractivity contribution in [1.29, 1.82) is 0 Å². The number of carbonyl (C=O) groups is 2. The minimum atomic E-state index is -0.623. The molecule has 2 aliphatic heterocycles. The standard InChI is InChI=1S/C29H26ClF2N3O2/c30-24-10-5-11-25(32)27(24)29(37)35-17-21-15-34(16-22(21)18-35)13-12-26(19-6-2-1-3-7-19)33-28(36)20-8-4-9-23(31)14-20/h1-11,14,17,22,26H,12-13,15-16,18H2,(H,33,36)/t22?,26-/m0/s1. The van der Waals surface area contributed by atoms with Gasteiger partial charge in [-0.2, -0.15) is 0 Å². The lowest BCUT2D eigenvalue weighted by Crippen LogP contribution is -2.33. The molecule has 5 rings (SSSR count). The van der Waals surface area contributed by atoms with Gasteiger partial charge in [-0.15, -0.1) is 0 Å². The molecule has 0 radical (unpaired) electrons. The van der Waals surface area contributed by atoms with Crippen LogP contribution < -0.4 is 5.32 Å². The van der Waals surface area contributed by atoms with Crippen LogP contribution in [-0.4, -0.2) is 47.8 Å². The van der Waals surface area contributed by atoms with Gasteiger partial charge in [-0.05, 0) is 47.9 Å². The minimum Gasteiger partial charge on any atom is -0.345 e. The maximum atomic E-state index is 14.2. The molecule has 2 amide bonds. The molecular weight excluding hydrogens is 496 g/mol. The summed E-state index contributed by atoms with van der Waals surface area (Å²) in [6, 6.07) is 19.3. The van der Waals surface area contributed by atoms with Crippen LogP contribution in [0.3, 0.4) is 0 Å². The Bertz CT molecular complexity index is 1330. The highest BCUT2D eigenvalue weighted by atomic mass is 35.5. The van der Waals surface area contributed by atoms with Crippen LogP contribution in [0.25, 0.3) is 0 Å². The Morgan fingerprint density at radius 1 is 1.00 bits per heavy atom. The topological polar surface area (TPSA) is 52.7 Å². The number of fused-ring (bicyclic) bond motifs is 1. The van der Waals surface area contributed by atoms with Crippen LogP contribution in [0.5, 0.6) is 0 Å². The van der Waals surface area contributed by atoms with Crippen LogP contribution >= 0.6 is 11.6 Å². The number of nitrogens with zero attached hydrogens (tertiary/aromatic N) is 2. The second-order valence-corrected chi connectivity index (χ2v) is 9.83. The molecule has 0 bridgehead atoms. The molecule has 190 valence electrons. The molecule has 0 aliphatic carbocycles. The molecular formula is C29H26ClF2N3O2. The maximum Gasteiger partial charge on any atom is 0.262 e. The van der Waals surface area contributed by atoms with Crippen LogP contribution in [0.2, 0.25) is 5.02 Å². The van der Waals surface area contributed by atoms with E-state index in [1.807, 2.05) is 36.5 Å². The zero-order chi connectivity index (χ0) is 25.9. The van der Waals surface area contributed by atoms with Crippen LogP contribution in [0, 0.1) is 17.6 Å². The summed E-state index contributed by atoms with van der Waals surface area (Å²) in [5.41, 5.74) is 2.28. The van der Waals surface area contributed by atoms with Gasteiger partial charge in [0.1, 0.15) is 11.6 Å². The Morgan fingerprint density at radius 3 is 2.51 bits per heavy atom. The molecule has 1 saturated heterocycles. The van der Waals surface area contributed by atoms with Crippen molar-refractivity contribution in [3.05, 3.63) is 118 Å². The molecule has 0 spiro atoms. The Hall–Kier alpha value is -3.55. The smallest absolute Gasteiger partial charge is 0.262 e. The van der Waals surface area contributed by atoms with Crippen molar-refractivity contribution in [2.75, 3.05) is 26.2 Å². The van der Waals surface area contributed by atoms with Crippen molar-refractivity contribution in [1.82, 2.24) is 15.1 Å². The number of halogens is 3. The average Bonchev–Trinajstić information content (AvgIpc) is 3.46. The van der Waals surface area contributed by atoms with Crippen LogP contribution in [0.4, 0.5) is 8.78 Å². The lowest BCUT2D eigenvalue weighted by atomic mass is 10.0. The van der Waals surface area contributed by atoms with Gasteiger partial charge >= 0.3 is 0 Å². The summed E-state index contributed by atoms with van der Waals surface area (Å²) in [6.45, 7) is 2.66. The third-order valence-corrected chi connectivity index (χ3v) is 7.23. The van der Waals surface area contributed by atoms with Crippen molar-refractivity contribution in [3.63, 3.8) is 0 Å². The van der Waals surface area contributed by atoms with Gasteiger partial charge in [-0.3, -0.25) is 14.5 Å². The van der Waals surface area contributed by atoms with E-state index in [0.717, 1.165) is 24.2 Å². The third kappa shape index (κ3) is 5.58. The first-order valence-corrected chi connectivity index (χ1v) is 12.6. The average molecular weight is 522 g/mol. The summed E-state index contributed by atoms with van der Waals surface area (Å²) in [5, 5.41) is 3.16. The first kappa shape index (κ1) is 25.1. The van der Waals surface area contributed by atoms with E-state index in [9.17, 15) is 18.4 Å². The van der Waals surface area contributed by atoms with Gasteiger partial charge in [-0.1, -0.05) is 54.1 Å². The summed E-state index contributed by atoms with van der Waals surface area (Å²) in [5.74, 6) is -1.66. The van der Waals surface area contributed by atoms with Crippen LogP contribution in [-0.2, 0) is 0 Å². The van der Waals surface area contributed by atoms with Gasteiger partial charge in [0.15, 0.2) is 0 Å². The van der Waals surface area contributed by atoms with Crippen LogP contribution in [0.15, 0.2) is 84.6 Å². The van der Waals surface area contributed by atoms with Crippen molar-refractivity contribution in [2.24, 2.45) is 5.92 Å². The number of nitrogens with one attached hydrogen (secondary N) is 1. The van der Waals surface area contributed by atoms with Crippen molar-refractivity contribution in [2.45, 2.75) is 12.5 Å². The quantitative estimate of drug-likeness (QED) is 0.450. The van der Waals surface area contributed by atoms with Crippen molar-refractivity contribution >= 4 is 23.4 Å². The zero-order valence-electron chi connectivity index (χ0n) is 20.0. The number of rotatable bonds is 7. The highest BCUT2D eigenvalue weighted by Gasteiger charge is 2.36. The fourth-order valence-corrected chi connectivity index (χ4v) is 5.28. The largest absolute Gasteiger partial charge is 0.345 e. The Kier molecular flexibility index (Phi) is 7.35. The highest BCUT2D eigenvalue weighted by molar-refractivity contribution is 6.33. The number of hydrogen-bond donors (Lipinski definition) is 1. The van der Waals surface area contributed by atoms with Crippen LogP contribution in [0.1, 0.15) is 38.7 Å². The summed E-state index contributed by atoms with van der Waals surface area (Å²) in [7, 11) is 0. The van der Waals surface area contributed by atoms with E-state index in [0.29, 0.717) is 19.5 Å². The predicted octanol–water partition coefficient (Wildman–Crippen LogP) is 5.45. The third-order valence-electron chi connectivity index (χ3n) is 6.91. The molecule has 1 fully saturated rings. The summed E-state index contributed by atoms with van der Waals surface area (Å²) < 4.78 is 27.9. The minimum absolute atomic E-state index is 0.0995. The van der Waals surface area contributed by atoms with Crippen molar-refractivity contribution < 1.29 is 18.4 Å². The fraction of sp³-hybridized carbons (Fsp3) is 0.241. The monoisotopic (exact) mass is 521 g/mol. The Balaban J connectivity index is 1.23. The second-order valence-electron chi connectivity index (χ2n) is 9.43. The molecule has 8 heteroatoms. The SMILES string of the molecule is O=C(N[C@@H](CCN1CC2=CN(C(=O)c3c(F)cccc3Cl)CC2C1)c1ccccc1)c1cccc(F)c1. The Morgan fingerprint density at radius 2 is 1.78 bits per heavy atom. The normalized spacial score (nSPS) is 17.9. The second kappa shape index (κ2) is 10.8. The van der Waals surface area contributed by atoms with E-state index < -0.39 is 17.5 Å². The molecule has 1 unspecified atom stereocenters. The maximum absolute atomic E-state index is 14.2. The predicted molar refractivity (Wildman–Crippen MR) is 138 cm³/mol. The first-order chi connectivity index (χ1) is 17.9. The van der Waals surface area contributed by atoms with Gasteiger partial charge in [0.25, 0.3) is 11.8 Å². The first-order valence-electron chi connectivity index (χ1n) is 12.2. The van der Waals surface area contributed by atoms with Gasteiger partial charge in [-0.25, -0.2) is 8.78 Å². The highest BCUT2D eigenvalue weighted by Crippen LogP contribution is 2.32. The molecule has 5 nitrogen and oxygen atoms in total. The number of carbonyl (C=O) groups excluding carboxylic acids is 2. The van der Waals surface area contributed by atoms with E-state index in [4.69, 9.17) is 11.6 Å². The van der Waals surface area contributed by atoms with Crippen molar-refractivity contribution in [3.8, 4) is 0 Å². The number of likely N-dealkylation sites (tertiary alicyclic amines) is 1. The molecule has 37 heavy (non-hydrogen) atoms. The fourth-order valence-electron chi connectivity index (χ4n) is 5.04. The zero-order valence-corrected chi connectivity index (χ0v) is 20.8. The molecule has 3 aromatic rings. The summed E-state index contributed by atoms with van der Waals surface area (Å²) >= 11 is 6.09. The Labute approximate surface area is 219 Å². The van der Waals surface area contributed by atoms with E-state index in [1.54, 1.807) is 11.0 Å². The molecule has 1 N–H and O–H groups in total. The summed E-state index contributed by atoms with van der Waals surface area (Å²) in [4.78, 5) is 29.6. The lowest BCUT2D eigenvalue weighted by Gasteiger charge is -2.24. The number of hydrogen-bond acceptors (Lipinski definition) is 3.